The number of nitrogens with one attached hydrogen (secondary N) is 1. The second-order valence-electron chi connectivity index (χ2n) is 5.08. The average Bonchev–Trinajstić information content (AvgIpc) is 2.89. The molecule has 1 aliphatic carbocycles. The van der Waals surface area contributed by atoms with Crippen molar-refractivity contribution in [3.63, 3.8) is 0 Å². The summed E-state index contributed by atoms with van der Waals surface area (Å²) in [6, 6.07) is -0.914. The third-order valence-corrected chi connectivity index (χ3v) is 3.25. The predicted octanol–water partition coefficient (Wildman–Crippen LogP) is -0.448. The molecule has 1 unspecified atom stereocenters. The molecule has 0 radical (unpaired) electrons. The number of imide groups is 1. The van der Waals surface area contributed by atoms with Gasteiger partial charge in [-0.25, -0.2) is 0 Å². The van der Waals surface area contributed by atoms with E-state index in [0.29, 0.717) is 12.8 Å². The molecule has 1 heterocycles. The smallest absolute Gasteiger partial charge is 0.252 e. The number of rotatable bonds is 3. The van der Waals surface area contributed by atoms with E-state index >= 15 is 0 Å². The fourth-order valence-electron chi connectivity index (χ4n) is 1.97. The van der Waals surface area contributed by atoms with E-state index in [-0.39, 0.29) is 42.6 Å². The highest BCUT2D eigenvalue weighted by Gasteiger charge is 2.49. The van der Waals surface area contributed by atoms with Gasteiger partial charge in [0.15, 0.2) is 0 Å². The molecule has 2 fully saturated rings. The van der Waals surface area contributed by atoms with Gasteiger partial charge in [0.1, 0.15) is 6.04 Å². The maximum absolute atomic E-state index is 11.9. The summed E-state index contributed by atoms with van der Waals surface area (Å²) in [5, 5.41) is 2.57. The van der Waals surface area contributed by atoms with Crippen molar-refractivity contribution in [1.82, 2.24) is 10.2 Å². The summed E-state index contributed by atoms with van der Waals surface area (Å²) in [7, 11) is 0. The summed E-state index contributed by atoms with van der Waals surface area (Å²) in [6.07, 6.45) is 1.32. The summed E-state index contributed by atoms with van der Waals surface area (Å²) in [5.74, 6) is -0.894. The molecule has 1 aliphatic heterocycles. The minimum atomic E-state index is -0.811. The SMILES string of the molecule is CC(C)N1C(=O)CC(NC(=O)C2(N)CC2)C1=O.Cl. The Morgan fingerprint density at radius 1 is 1.44 bits per heavy atom. The zero-order valence-electron chi connectivity index (χ0n) is 10.4. The average molecular weight is 276 g/mol. The first-order valence-electron chi connectivity index (χ1n) is 5.81. The van der Waals surface area contributed by atoms with Gasteiger partial charge in [0.2, 0.25) is 11.8 Å². The van der Waals surface area contributed by atoms with Gasteiger partial charge >= 0.3 is 0 Å². The van der Waals surface area contributed by atoms with Crippen molar-refractivity contribution < 1.29 is 14.4 Å². The van der Waals surface area contributed by atoms with Gasteiger partial charge in [-0.3, -0.25) is 19.3 Å². The summed E-state index contributed by atoms with van der Waals surface area (Å²) < 4.78 is 0. The maximum Gasteiger partial charge on any atom is 0.252 e. The predicted molar refractivity (Wildman–Crippen MR) is 66.9 cm³/mol. The first-order valence-corrected chi connectivity index (χ1v) is 5.81. The van der Waals surface area contributed by atoms with Gasteiger partial charge in [-0.1, -0.05) is 0 Å². The molecule has 7 heteroatoms. The van der Waals surface area contributed by atoms with Crippen molar-refractivity contribution >= 4 is 30.1 Å². The van der Waals surface area contributed by atoms with Gasteiger partial charge in [0.05, 0.1) is 12.0 Å². The van der Waals surface area contributed by atoms with Gasteiger partial charge in [0, 0.05) is 6.04 Å². The van der Waals surface area contributed by atoms with Crippen LogP contribution >= 0.6 is 12.4 Å². The zero-order chi connectivity index (χ0) is 12.8. The van der Waals surface area contributed by atoms with E-state index in [2.05, 4.69) is 5.32 Å². The van der Waals surface area contributed by atoms with E-state index in [0.717, 1.165) is 0 Å². The lowest BCUT2D eigenvalue weighted by atomic mass is 10.2. The first-order chi connectivity index (χ1) is 7.85. The molecular formula is C11H18ClN3O3. The molecule has 2 aliphatic rings. The molecule has 0 aromatic rings. The molecular weight excluding hydrogens is 258 g/mol. The molecule has 3 amide bonds. The second-order valence-corrected chi connectivity index (χ2v) is 5.08. The lowest BCUT2D eigenvalue weighted by Gasteiger charge is -2.19. The Hall–Kier alpha value is -1.14. The van der Waals surface area contributed by atoms with Crippen LogP contribution in [-0.2, 0) is 14.4 Å². The summed E-state index contributed by atoms with van der Waals surface area (Å²) in [4.78, 5) is 36.4. The van der Waals surface area contributed by atoms with Gasteiger partial charge in [-0.05, 0) is 26.7 Å². The monoisotopic (exact) mass is 275 g/mol. The highest BCUT2D eigenvalue weighted by molar-refractivity contribution is 6.07. The lowest BCUT2D eigenvalue weighted by Crippen LogP contribution is -2.50. The molecule has 6 nitrogen and oxygen atoms in total. The van der Waals surface area contributed by atoms with Crippen LogP contribution in [0.1, 0.15) is 33.1 Å². The number of hydrogen-bond acceptors (Lipinski definition) is 4. The number of nitrogens with two attached hydrogens (primary N) is 1. The Balaban J connectivity index is 0.00000162. The van der Waals surface area contributed by atoms with Crippen LogP contribution in [0, 0.1) is 0 Å². The maximum atomic E-state index is 11.9. The normalized spacial score (nSPS) is 25.1. The number of likely N-dealkylation sites (tertiary alicyclic amines) is 1. The highest BCUT2D eigenvalue weighted by Crippen LogP contribution is 2.32. The van der Waals surface area contributed by atoms with Crippen molar-refractivity contribution in [3.8, 4) is 0 Å². The van der Waals surface area contributed by atoms with Crippen LogP contribution in [0.5, 0.6) is 0 Å². The molecule has 102 valence electrons. The first kappa shape index (κ1) is 14.9. The second kappa shape index (κ2) is 4.85. The number of amides is 3. The van der Waals surface area contributed by atoms with Crippen molar-refractivity contribution in [2.24, 2.45) is 5.73 Å². The third kappa shape index (κ3) is 2.49. The fourth-order valence-corrected chi connectivity index (χ4v) is 1.97. The molecule has 18 heavy (non-hydrogen) atoms. The van der Waals surface area contributed by atoms with E-state index in [1.165, 1.54) is 4.90 Å². The fraction of sp³-hybridized carbons (Fsp3) is 0.727. The van der Waals surface area contributed by atoms with Crippen LogP contribution in [0.25, 0.3) is 0 Å². The van der Waals surface area contributed by atoms with Crippen LogP contribution in [0.2, 0.25) is 0 Å². The zero-order valence-corrected chi connectivity index (χ0v) is 11.3. The molecule has 0 aromatic heterocycles. The number of carbonyl (C=O) groups excluding carboxylic acids is 3. The molecule has 1 saturated heterocycles. The third-order valence-electron chi connectivity index (χ3n) is 3.25. The largest absolute Gasteiger partial charge is 0.342 e. The van der Waals surface area contributed by atoms with Crippen molar-refractivity contribution in [2.75, 3.05) is 0 Å². The van der Waals surface area contributed by atoms with Gasteiger partial charge < -0.3 is 11.1 Å². The molecule has 2 rings (SSSR count). The summed E-state index contributed by atoms with van der Waals surface area (Å²) >= 11 is 0. The van der Waals surface area contributed by atoms with Crippen LogP contribution < -0.4 is 11.1 Å². The number of nitrogens with zero attached hydrogens (tertiary/aromatic N) is 1. The van der Waals surface area contributed by atoms with E-state index in [1.807, 2.05) is 0 Å². The van der Waals surface area contributed by atoms with Crippen molar-refractivity contribution in [1.29, 1.82) is 0 Å². The summed E-state index contributed by atoms with van der Waals surface area (Å²) in [6.45, 7) is 3.54. The molecule has 1 saturated carbocycles. The quantitative estimate of drug-likeness (QED) is 0.683. The standard InChI is InChI=1S/C11H17N3O3.ClH/c1-6(2)14-8(15)5-7(9(14)16)13-10(17)11(12)3-4-11;/h6-7H,3-5,12H2,1-2H3,(H,13,17);1H. The topological polar surface area (TPSA) is 92.5 Å². The van der Waals surface area contributed by atoms with Gasteiger partial charge in [-0.2, -0.15) is 0 Å². The molecule has 0 bridgehead atoms. The minimum absolute atomic E-state index is 0. The van der Waals surface area contributed by atoms with Crippen LogP contribution in [0.4, 0.5) is 0 Å². The van der Waals surface area contributed by atoms with Crippen molar-refractivity contribution in [2.45, 2.75) is 50.7 Å². The van der Waals surface area contributed by atoms with Crippen LogP contribution in [0.3, 0.4) is 0 Å². The van der Waals surface area contributed by atoms with E-state index in [4.69, 9.17) is 5.73 Å². The number of hydrogen-bond donors (Lipinski definition) is 2. The van der Waals surface area contributed by atoms with Crippen LogP contribution in [0.15, 0.2) is 0 Å². The Labute approximate surface area is 112 Å². The van der Waals surface area contributed by atoms with E-state index < -0.39 is 11.6 Å². The number of halogens is 1. The number of carbonyl (C=O) groups is 3. The Morgan fingerprint density at radius 3 is 2.39 bits per heavy atom. The minimum Gasteiger partial charge on any atom is -0.342 e. The van der Waals surface area contributed by atoms with Gasteiger partial charge in [0.25, 0.3) is 5.91 Å². The summed E-state index contributed by atoms with van der Waals surface area (Å²) in [5.41, 5.74) is 4.91. The Kier molecular flexibility index (Phi) is 4.02. The van der Waals surface area contributed by atoms with Gasteiger partial charge in [-0.15, -0.1) is 12.4 Å². The molecule has 0 spiro atoms. The Morgan fingerprint density at radius 2 is 2.00 bits per heavy atom. The van der Waals surface area contributed by atoms with E-state index in [1.54, 1.807) is 13.8 Å². The molecule has 3 N–H and O–H groups in total. The Bertz CT molecular complexity index is 393. The molecule has 1 atom stereocenters. The van der Waals surface area contributed by atoms with Crippen LogP contribution in [-0.4, -0.2) is 40.2 Å². The van der Waals surface area contributed by atoms with Crippen molar-refractivity contribution in [3.05, 3.63) is 0 Å². The molecule has 0 aromatic carbocycles. The lowest BCUT2D eigenvalue weighted by molar-refractivity contribution is -0.141. The highest BCUT2D eigenvalue weighted by atomic mass is 35.5. The van der Waals surface area contributed by atoms with E-state index in [9.17, 15) is 14.4 Å².